The highest BCUT2D eigenvalue weighted by atomic mass is 35.5. The summed E-state index contributed by atoms with van der Waals surface area (Å²) < 4.78 is 30.9. The Bertz CT molecular complexity index is 575. The van der Waals surface area contributed by atoms with E-state index in [2.05, 4.69) is 4.72 Å². The lowest BCUT2D eigenvalue weighted by Gasteiger charge is -2.11. The molecule has 7 nitrogen and oxygen atoms in total. The van der Waals surface area contributed by atoms with Crippen LogP contribution in [0.5, 0.6) is 5.75 Å². The largest absolute Gasteiger partial charge is 0.497 e. The molecule has 0 unspecified atom stereocenters. The SMILES string of the molecule is COc1ccc(Cl)c(S(=O)(=O)NC[C@H](N)C(=O)O)c1. The van der Waals surface area contributed by atoms with E-state index in [0.717, 1.165) is 0 Å². The third kappa shape index (κ3) is 4.06. The van der Waals surface area contributed by atoms with Crippen LogP contribution in [0, 0.1) is 0 Å². The molecule has 0 saturated carbocycles. The van der Waals surface area contributed by atoms with Crippen molar-refractivity contribution in [2.45, 2.75) is 10.9 Å². The number of methoxy groups -OCH3 is 1. The van der Waals surface area contributed by atoms with E-state index in [9.17, 15) is 13.2 Å². The van der Waals surface area contributed by atoms with E-state index < -0.39 is 28.6 Å². The maximum Gasteiger partial charge on any atom is 0.321 e. The standard InChI is InChI=1S/C10H13ClN2O5S/c1-18-6-2-3-7(11)9(4-6)19(16,17)13-5-8(12)10(14)15/h2-4,8,13H,5,12H2,1H3,(H,14,15)/t8-/m0/s1. The Morgan fingerprint density at radius 1 is 1.58 bits per heavy atom. The van der Waals surface area contributed by atoms with Crippen LogP contribution in [0.3, 0.4) is 0 Å². The number of carboxylic acid groups (broad SMARTS) is 1. The maximum atomic E-state index is 11.9. The highest BCUT2D eigenvalue weighted by Gasteiger charge is 2.21. The van der Waals surface area contributed by atoms with Crippen LogP contribution in [-0.4, -0.2) is 39.2 Å². The van der Waals surface area contributed by atoms with Gasteiger partial charge < -0.3 is 15.6 Å². The molecular weight excluding hydrogens is 296 g/mol. The molecular formula is C10H13ClN2O5S. The van der Waals surface area contributed by atoms with Gasteiger partial charge in [-0.15, -0.1) is 0 Å². The van der Waals surface area contributed by atoms with Crippen LogP contribution >= 0.6 is 11.6 Å². The second-order valence-corrected chi connectivity index (χ2v) is 5.74. The minimum Gasteiger partial charge on any atom is -0.497 e. The average Bonchev–Trinajstić information content (AvgIpc) is 2.36. The van der Waals surface area contributed by atoms with Crippen LogP contribution in [0.4, 0.5) is 0 Å². The van der Waals surface area contributed by atoms with Crippen molar-refractivity contribution in [1.82, 2.24) is 4.72 Å². The smallest absolute Gasteiger partial charge is 0.321 e. The Morgan fingerprint density at radius 3 is 2.74 bits per heavy atom. The Hall–Kier alpha value is -1.35. The van der Waals surface area contributed by atoms with Crippen molar-refractivity contribution in [3.8, 4) is 5.75 Å². The van der Waals surface area contributed by atoms with Gasteiger partial charge in [-0.1, -0.05) is 11.6 Å². The first-order chi connectivity index (χ1) is 8.77. The molecule has 1 aromatic rings. The molecule has 0 radical (unpaired) electrons. The first kappa shape index (κ1) is 15.7. The zero-order valence-corrected chi connectivity index (χ0v) is 11.5. The molecule has 0 aliphatic carbocycles. The summed E-state index contributed by atoms with van der Waals surface area (Å²) in [5.74, 6) is -0.994. The number of ether oxygens (including phenoxy) is 1. The number of benzene rings is 1. The summed E-state index contributed by atoms with van der Waals surface area (Å²) in [6.07, 6.45) is 0. The highest BCUT2D eigenvalue weighted by Crippen LogP contribution is 2.25. The molecule has 0 amide bonds. The van der Waals surface area contributed by atoms with E-state index in [0.29, 0.717) is 5.75 Å². The van der Waals surface area contributed by atoms with E-state index in [1.165, 1.54) is 25.3 Å². The molecule has 0 aliphatic rings. The number of sulfonamides is 1. The second-order valence-electron chi connectivity index (χ2n) is 3.59. The quantitative estimate of drug-likeness (QED) is 0.682. The topological polar surface area (TPSA) is 119 Å². The van der Waals surface area contributed by atoms with E-state index >= 15 is 0 Å². The predicted octanol–water partition coefficient (Wildman–Crippen LogP) is 0.0388. The van der Waals surface area contributed by atoms with Gasteiger partial charge in [0.15, 0.2) is 0 Å². The normalized spacial score (nSPS) is 13.0. The maximum absolute atomic E-state index is 11.9. The van der Waals surface area contributed by atoms with Crippen LogP contribution in [0.2, 0.25) is 5.02 Å². The summed E-state index contributed by atoms with van der Waals surface area (Å²) in [7, 11) is -2.58. The number of hydrogen-bond acceptors (Lipinski definition) is 5. The van der Waals surface area contributed by atoms with Crippen molar-refractivity contribution < 1.29 is 23.1 Å². The molecule has 0 aliphatic heterocycles. The van der Waals surface area contributed by atoms with Crippen molar-refractivity contribution >= 4 is 27.6 Å². The van der Waals surface area contributed by atoms with Crippen LogP contribution in [0.15, 0.2) is 23.1 Å². The molecule has 0 heterocycles. The number of aliphatic carboxylic acids is 1. The molecule has 1 aromatic carbocycles. The molecule has 106 valence electrons. The summed E-state index contributed by atoms with van der Waals surface area (Å²) in [5.41, 5.74) is 5.21. The molecule has 1 rings (SSSR count). The van der Waals surface area contributed by atoms with Gasteiger partial charge >= 0.3 is 5.97 Å². The molecule has 0 spiro atoms. The van der Waals surface area contributed by atoms with Crippen molar-refractivity contribution in [3.05, 3.63) is 23.2 Å². The minimum absolute atomic E-state index is 0.00260. The molecule has 0 fully saturated rings. The van der Waals surface area contributed by atoms with Crippen molar-refractivity contribution in [2.24, 2.45) is 5.73 Å². The monoisotopic (exact) mass is 308 g/mol. The fourth-order valence-corrected chi connectivity index (χ4v) is 2.75. The van der Waals surface area contributed by atoms with Gasteiger partial charge in [0.05, 0.1) is 12.1 Å². The fraction of sp³-hybridized carbons (Fsp3) is 0.300. The molecule has 4 N–H and O–H groups in total. The van der Waals surface area contributed by atoms with Gasteiger partial charge in [-0.3, -0.25) is 4.79 Å². The Kier molecular flexibility index (Phi) is 5.12. The second kappa shape index (κ2) is 6.20. The van der Waals surface area contributed by atoms with Gasteiger partial charge in [0.25, 0.3) is 0 Å². The van der Waals surface area contributed by atoms with Crippen LogP contribution < -0.4 is 15.2 Å². The molecule has 0 bridgehead atoms. The number of hydrogen-bond donors (Lipinski definition) is 3. The lowest BCUT2D eigenvalue weighted by molar-refractivity contribution is -0.138. The lowest BCUT2D eigenvalue weighted by Crippen LogP contribution is -2.42. The summed E-state index contributed by atoms with van der Waals surface area (Å²) in [6, 6.07) is 2.77. The van der Waals surface area contributed by atoms with Crippen LogP contribution in [0.25, 0.3) is 0 Å². The fourth-order valence-electron chi connectivity index (χ4n) is 1.18. The van der Waals surface area contributed by atoms with Crippen LogP contribution in [-0.2, 0) is 14.8 Å². The van der Waals surface area contributed by atoms with E-state index in [4.69, 9.17) is 27.2 Å². The summed E-state index contributed by atoms with van der Waals surface area (Å²) in [6.45, 7) is -0.439. The molecule has 0 saturated heterocycles. The minimum atomic E-state index is -3.96. The predicted molar refractivity (Wildman–Crippen MR) is 68.8 cm³/mol. The Morgan fingerprint density at radius 2 is 2.21 bits per heavy atom. The van der Waals surface area contributed by atoms with Gasteiger partial charge in [-0.2, -0.15) is 0 Å². The van der Waals surface area contributed by atoms with Crippen LogP contribution in [0.1, 0.15) is 0 Å². The summed E-state index contributed by atoms with van der Waals surface area (Å²) in [4.78, 5) is 10.3. The van der Waals surface area contributed by atoms with E-state index in [1.807, 2.05) is 0 Å². The zero-order valence-electron chi connectivity index (χ0n) is 9.96. The Labute approximate surface area is 115 Å². The third-order valence-corrected chi connectivity index (χ3v) is 4.14. The molecule has 1 atom stereocenters. The highest BCUT2D eigenvalue weighted by molar-refractivity contribution is 7.89. The number of nitrogens with two attached hydrogens (primary N) is 1. The number of halogens is 1. The first-order valence-corrected chi connectivity index (χ1v) is 6.95. The zero-order chi connectivity index (χ0) is 14.6. The van der Waals surface area contributed by atoms with Gasteiger partial charge in [0.2, 0.25) is 10.0 Å². The number of rotatable bonds is 6. The van der Waals surface area contributed by atoms with E-state index in [-0.39, 0.29) is 9.92 Å². The van der Waals surface area contributed by atoms with Crippen molar-refractivity contribution in [3.63, 3.8) is 0 Å². The average molecular weight is 309 g/mol. The van der Waals surface area contributed by atoms with Crippen molar-refractivity contribution in [2.75, 3.05) is 13.7 Å². The number of carbonyl (C=O) groups is 1. The van der Waals surface area contributed by atoms with Crippen molar-refractivity contribution in [1.29, 1.82) is 0 Å². The summed E-state index contributed by atoms with van der Waals surface area (Å²) >= 11 is 5.79. The summed E-state index contributed by atoms with van der Waals surface area (Å²) in [5, 5.41) is 8.58. The third-order valence-electron chi connectivity index (χ3n) is 2.24. The van der Waals surface area contributed by atoms with Gasteiger partial charge in [0.1, 0.15) is 16.7 Å². The van der Waals surface area contributed by atoms with Gasteiger partial charge in [-0.25, -0.2) is 13.1 Å². The van der Waals surface area contributed by atoms with Gasteiger partial charge in [0, 0.05) is 12.6 Å². The lowest BCUT2D eigenvalue weighted by atomic mass is 10.3. The number of nitrogens with one attached hydrogen (secondary N) is 1. The molecule has 19 heavy (non-hydrogen) atoms. The molecule has 0 aromatic heterocycles. The Balaban J connectivity index is 2.97. The number of carboxylic acids is 1. The first-order valence-electron chi connectivity index (χ1n) is 5.09. The van der Waals surface area contributed by atoms with E-state index in [1.54, 1.807) is 0 Å². The van der Waals surface area contributed by atoms with Gasteiger partial charge in [-0.05, 0) is 12.1 Å². The molecule has 9 heteroatoms.